The van der Waals surface area contributed by atoms with Crippen LogP contribution in [0.4, 0.5) is 5.13 Å². The molecule has 1 aromatic rings. The average molecular weight is 294 g/mol. The lowest BCUT2D eigenvalue weighted by atomic mass is 9.75. The Balaban J connectivity index is 1.63. The van der Waals surface area contributed by atoms with Gasteiger partial charge in [-0.1, -0.05) is 19.3 Å². The van der Waals surface area contributed by atoms with Crippen molar-refractivity contribution >= 4 is 22.4 Å². The van der Waals surface area contributed by atoms with Crippen molar-refractivity contribution in [2.75, 3.05) is 25.1 Å². The first-order chi connectivity index (χ1) is 9.76. The SMILES string of the molecule is COC(=O)Cc1csc(N2CCC3CCCCC3C2)n1. The lowest BCUT2D eigenvalue weighted by molar-refractivity contribution is -0.139. The molecule has 2 heterocycles. The zero-order valence-corrected chi connectivity index (χ0v) is 12.8. The number of aromatic nitrogens is 1. The summed E-state index contributed by atoms with van der Waals surface area (Å²) in [5.41, 5.74) is 0.836. The summed E-state index contributed by atoms with van der Waals surface area (Å²) in [5, 5.41) is 3.06. The van der Waals surface area contributed by atoms with E-state index in [0.29, 0.717) is 0 Å². The minimum Gasteiger partial charge on any atom is -0.469 e. The van der Waals surface area contributed by atoms with Crippen LogP contribution in [0.3, 0.4) is 0 Å². The summed E-state index contributed by atoms with van der Waals surface area (Å²) in [6.45, 7) is 2.27. The van der Waals surface area contributed by atoms with E-state index in [2.05, 4.69) is 9.88 Å². The van der Waals surface area contributed by atoms with Crippen LogP contribution in [0.25, 0.3) is 0 Å². The quantitative estimate of drug-likeness (QED) is 0.804. The summed E-state index contributed by atoms with van der Waals surface area (Å²) < 4.78 is 4.69. The molecule has 4 nitrogen and oxygen atoms in total. The van der Waals surface area contributed by atoms with E-state index in [1.54, 1.807) is 11.3 Å². The fraction of sp³-hybridized carbons (Fsp3) is 0.733. The van der Waals surface area contributed by atoms with E-state index in [1.165, 1.54) is 39.2 Å². The Morgan fingerprint density at radius 2 is 2.20 bits per heavy atom. The third-order valence-corrected chi connectivity index (χ3v) is 5.60. The maximum atomic E-state index is 11.3. The molecule has 0 spiro atoms. The van der Waals surface area contributed by atoms with Crippen LogP contribution in [0.1, 0.15) is 37.8 Å². The molecule has 5 heteroatoms. The van der Waals surface area contributed by atoms with E-state index in [-0.39, 0.29) is 12.4 Å². The van der Waals surface area contributed by atoms with Gasteiger partial charge in [-0.25, -0.2) is 4.98 Å². The number of esters is 1. The maximum Gasteiger partial charge on any atom is 0.311 e. The molecule has 0 aromatic carbocycles. The van der Waals surface area contributed by atoms with Gasteiger partial charge in [-0.05, 0) is 24.7 Å². The van der Waals surface area contributed by atoms with Crippen molar-refractivity contribution in [3.05, 3.63) is 11.1 Å². The number of hydrogen-bond acceptors (Lipinski definition) is 5. The van der Waals surface area contributed by atoms with E-state index in [4.69, 9.17) is 4.74 Å². The average Bonchev–Trinajstić information content (AvgIpc) is 2.95. The van der Waals surface area contributed by atoms with Gasteiger partial charge in [-0.15, -0.1) is 11.3 Å². The van der Waals surface area contributed by atoms with Crippen molar-refractivity contribution in [1.82, 2.24) is 4.98 Å². The highest BCUT2D eigenvalue weighted by Crippen LogP contribution is 2.38. The Hall–Kier alpha value is -1.10. The van der Waals surface area contributed by atoms with Gasteiger partial charge in [0.2, 0.25) is 0 Å². The summed E-state index contributed by atoms with van der Waals surface area (Å²) in [6, 6.07) is 0. The number of hydrogen-bond donors (Lipinski definition) is 0. The number of carbonyl (C=O) groups is 1. The maximum absolute atomic E-state index is 11.3. The Morgan fingerprint density at radius 1 is 1.40 bits per heavy atom. The Morgan fingerprint density at radius 3 is 3.00 bits per heavy atom. The molecular formula is C15H22N2O2S. The largest absolute Gasteiger partial charge is 0.469 e. The smallest absolute Gasteiger partial charge is 0.311 e. The second-order valence-electron chi connectivity index (χ2n) is 5.91. The van der Waals surface area contributed by atoms with Gasteiger partial charge in [0.15, 0.2) is 5.13 Å². The molecular weight excluding hydrogens is 272 g/mol. The van der Waals surface area contributed by atoms with Crippen LogP contribution in [0.5, 0.6) is 0 Å². The molecule has 110 valence electrons. The number of fused-ring (bicyclic) bond motifs is 1. The zero-order valence-electron chi connectivity index (χ0n) is 12.0. The summed E-state index contributed by atoms with van der Waals surface area (Å²) >= 11 is 1.65. The van der Waals surface area contributed by atoms with E-state index < -0.39 is 0 Å². The molecule has 0 N–H and O–H groups in total. The van der Waals surface area contributed by atoms with Crippen molar-refractivity contribution in [3.8, 4) is 0 Å². The summed E-state index contributed by atoms with van der Waals surface area (Å²) in [7, 11) is 1.42. The molecule has 0 amide bonds. The predicted octanol–water partition coefficient (Wildman–Crippen LogP) is 2.88. The molecule has 0 radical (unpaired) electrons. The van der Waals surface area contributed by atoms with Gasteiger partial charge in [0.25, 0.3) is 0 Å². The molecule has 2 fully saturated rings. The number of nitrogens with zero attached hydrogens (tertiary/aromatic N) is 2. The molecule has 2 unspecified atom stereocenters. The standard InChI is InChI=1S/C15H22N2O2S/c1-19-14(18)8-13-10-20-15(16-13)17-7-6-11-4-2-3-5-12(11)9-17/h10-12H,2-9H2,1H3. The Kier molecular flexibility index (Phi) is 4.24. The van der Waals surface area contributed by atoms with Crippen LogP contribution in [0.2, 0.25) is 0 Å². The molecule has 1 saturated heterocycles. The van der Waals surface area contributed by atoms with Gasteiger partial charge < -0.3 is 9.64 Å². The highest BCUT2D eigenvalue weighted by atomic mass is 32.1. The van der Waals surface area contributed by atoms with Crippen molar-refractivity contribution in [1.29, 1.82) is 0 Å². The van der Waals surface area contributed by atoms with E-state index >= 15 is 0 Å². The predicted molar refractivity (Wildman–Crippen MR) is 80.1 cm³/mol. The molecule has 3 rings (SSSR count). The van der Waals surface area contributed by atoms with Gasteiger partial charge in [0.1, 0.15) is 0 Å². The lowest BCUT2D eigenvalue weighted by Crippen LogP contribution is -2.41. The third kappa shape index (κ3) is 2.97. The van der Waals surface area contributed by atoms with E-state index in [1.807, 2.05) is 5.38 Å². The minimum absolute atomic E-state index is 0.215. The van der Waals surface area contributed by atoms with Crippen molar-refractivity contribution in [2.45, 2.75) is 38.5 Å². The highest BCUT2D eigenvalue weighted by Gasteiger charge is 2.32. The van der Waals surface area contributed by atoms with Crippen LogP contribution < -0.4 is 4.90 Å². The second kappa shape index (κ2) is 6.12. The summed E-state index contributed by atoms with van der Waals surface area (Å²) in [6.07, 6.45) is 7.19. The molecule has 2 atom stereocenters. The number of anilines is 1. The molecule has 1 aromatic heterocycles. The van der Waals surface area contributed by atoms with Gasteiger partial charge >= 0.3 is 5.97 Å². The molecule has 0 bridgehead atoms. The number of thiazole rings is 1. The van der Waals surface area contributed by atoms with Gasteiger partial charge in [-0.3, -0.25) is 4.79 Å². The molecule has 20 heavy (non-hydrogen) atoms. The number of methoxy groups -OCH3 is 1. The zero-order chi connectivity index (χ0) is 13.9. The van der Waals surface area contributed by atoms with Crippen LogP contribution in [0, 0.1) is 11.8 Å². The van der Waals surface area contributed by atoms with Crippen molar-refractivity contribution < 1.29 is 9.53 Å². The lowest BCUT2D eigenvalue weighted by Gasteiger charge is -2.41. The number of rotatable bonds is 3. The number of piperidine rings is 1. The summed E-state index contributed by atoms with van der Waals surface area (Å²) in [4.78, 5) is 18.3. The van der Waals surface area contributed by atoms with Crippen molar-refractivity contribution in [3.63, 3.8) is 0 Å². The Bertz CT molecular complexity index is 474. The second-order valence-corrected chi connectivity index (χ2v) is 6.75. The van der Waals surface area contributed by atoms with Gasteiger partial charge in [-0.2, -0.15) is 0 Å². The minimum atomic E-state index is -0.215. The fourth-order valence-corrected chi connectivity index (χ4v) is 4.38. The first-order valence-corrected chi connectivity index (χ1v) is 8.40. The van der Waals surface area contributed by atoms with Crippen LogP contribution in [0.15, 0.2) is 5.38 Å². The fourth-order valence-electron chi connectivity index (χ4n) is 3.52. The topological polar surface area (TPSA) is 42.4 Å². The highest BCUT2D eigenvalue weighted by molar-refractivity contribution is 7.13. The van der Waals surface area contributed by atoms with Gasteiger partial charge in [0, 0.05) is 18.5 Å². The normalized spacial score (nSPS) is 26.1. The third-order valence-electron chi connectivity index (χ3n) is 4.65. The monoisotopic (exact) mass is 294 g/mol. The molecule has 1 aliphatic heterocycles. The molecule has 1 aliphatic carbocycles. The first kappa shape index (κ1) is 13.9. The van der Waals surface area contributed by atoms with E-state index in [0.717, 1.165) is 35.8 Å². The Labute approximate surface area is 124 Å². The van der Waals surface area contributed by atoms with E-state index in [9.17, 15) is 4.79 Å². The van der Waals surface area contributed by atoms with Crippen molar-refractivity contribution in [2.24, 2.45) is 11.8 Å². The first-order valence-electron chi connectivity index (χ1n) is 7.52. The summed E-state index contributed by atoms with van der Waals surface area (Å²) in [5.74, 6) is 1.58. The molecule has 2 aliphatic rings. The number of ether oxygens (including phenoxy) is 1. The number of carbonyl (C=O) groups excluding carboxylic acids is 1. The van der Waals surface area contributed by atoms with Crippen LogP contribution in [-0.2, 0) is 16.0 Å². The molecule has 1 saturated carbocycles. The van der Waals surface area contributed by atoms with Crippen LogP contribution >= 0.6 is 11.3 Å². The van der Waals surface area contributed by atoms with Crippen LogP contribution in [-0.4, -0.2) is 31.2 Å². The van der Waals surface area contributed by atoms with Gasteiger partial charge in [0.05, 0.1) is 19.2 Å².